The number of hydrogen-bond acceptors (Lipinski definition) is 5. The maximum absolute atomic E-state index is 6.35. The summed E-state index contributed by atoms with van der Waals surface area (Å²) in [4.78, 5) is 23.2. The normalized spacial score (nSPS) is 17.4. The fraction of sp³-hybridized carbons (Fsp3) is 0.206. The lowest BCUT2D eigenvalue weighted by molar-refractivity contribution is -0.388. The first-order chi connectivity index (χ1) is 37.1. The van der Waals surface area contributed by atoms with E-state index in [4.69, 9.17) is 14.7 Å². The van der Waals surface area contributed by atoms with Gasteiger partial charge in [-0.2, -0.15) is 0 Å². The fourth-order valence-electron chi connectivity index (χ4n) is 10.6. The first-order valence-corrected chi connectivity index (χ1v) is 27.2. The van der Waals surface area contributed by atoms with E-state index in [0.717, 1.165) is 122 Å². The van der Waals surface area contributed by atoms with Gasteiger partial charge in [-0.15, -0.1) is 0 Å². The smallest absolute Gasteiger partial charge is 0.218 e. The van der Waals surface area contributed by atoms with Crippen LogP contribution in [0.5, 0.6) is 5.75 Å². The van der Waals surface area contributed by atoms with E-state index < -0.39 is 0 Å². The van der Waals surface area contributed by atoms with Crippen molar-refractivity contribution >= 4 is 45.1 Å². The van der Waals surface area contributed by atoms with Gasteiger partial charge >= 0.3 is 0 Å². The van der Waals surface area contributed by atoms with Crippen LogP contribution in [0, 0.1) is 0 Å². The lowest BCUT2D eigenvalue weighted by Gasteiger charge is -2.21. The van der Waals surface area contributed by atoms with E-state index in [9.17, 15) is 0 Å². The Morgan fingerprint density at radius 2 is 0.827 bits per heavy atom. The van der Waals surface area contributed by atoms with Crippen LogP contribution < -0.4 is 14.7 Å². The van der Waals surface area contributed by atoms with Gasteiger partial charge in [-0.05, 0) is 113 Å². The molecule has 2 N–H and O–H groups in total. The highest BCUT2D eigenvalue weighted by molar-refractivity contribution is 6.37. The Morgan fingerprint density at radius 1 is 0.387 bits per heavy atom. The molecule has 7 nitrogen and oxygen atoms in total. The van der Waals surface area contributed by atoms with Crippen LogP contribution >= 0.6 is 0 Å². The quantitative estimate of drug-likeness (QED) is 0.0920. The monoisotopic (exact) mass is 983 g/mol. The summed E-state index contributed by atoms with van der Waals surface area (Å²) < 4.78 is 6.35. The summed E-state index contributed by atoms with van der Waals surface area (Å²) in [5, 5.41) is 0. The lowest BCUT2D eigenvalue weighted by Crippen LogP contribution is -2.71. The zero-order valence-electron chi connectivity index (χ0n) is 43.1. The van der Waals surface area contributed by atoms with Crippen LogP contribution in [0.15, 0.2) is 257 Å². The highest BCUT2D eigenvalue weighted by Gasteiger charge is 2.33. The molecule has 0 saturated heterocycles. The Labute approximate surface area is 443 Å². The number of nitrogens with one attached hydrogen (secondary N) is 2. The molecule has 0 unspecified atom stereocenters. The standard InChI is InChI=1S/C68H64N6O/c1-2-43-73-45-39-50(40-46-73)51-41-47-74(48-42-51)44-19-8-6-4-3-5-7-9-20-49-75-56-29-27-55(28-30-56)68-63-37-35-61(71-63)66(53-23-15-11-16-24-53)59-33-31-57(69-59)65(52-21-13-10-14-22-52)58-32-34-60(70-58)67(54-25-17-12-18-26-54)62-36-38-64(68)72-62/h10-18,21-42,45-48H,2-9,19-20,43-44,49H2,1H3/p+2. The molecule has 0 amide bonds. The molecule has 75 heavy (non-hydrogen) atoms. The van der Waals surface area contributed by atoms with Crippen LogP contribution in [0.3, 0.4) is 0 Å². The maximum Gasteiger partial charge on any atom is 0.218 e. The number of nitrogens with zero attached hydrogens (tertiary/aromatic N) is 4. The summed E-state index contributed by atoms with van der Waals surface area (Å²) >= 11 is 0. The van der Waals surface area contributed by atoms with Crippen molar-refractivity contribution in [2.24, 2.45) is 9.98 Å². The zero-order chi connectivity index (χ0) is 50.6. The minimum atomic E-state index is 0.710. The molecule has 7 aliphatic heterocycles. The van der Waals surface area contributed by atoms with Gasteiger partial charge in [-0.1, -0.05) is 155 Å². The number of benzene rings is 4. The molecule has 0 fully saturated rings. The molecule has 7 aliphatic rings. The van der Waals surface area contributed by atoms with Crippen molar-refractivity contribution < 1.29 is 14.7 Å². The molecular weight excluding hydrogens is 917 g/mol. The minimum absolute atomic E-state index is 0.710. The third-order valence-electron chi connectivity index (χ3n) is 14.5. The Hall–Kier alpha value is -8.42. The molecule has 0 aliphatic carbocycles. The molecule has 7 heteroatoms. The molecule has 372 valence electrons. The number of ether oxygens (including phenoxy) is 1. The van der Waals surface area contributed by atoms with Gasteiger partial charge in [0, 0.05) is 67.8 Å². The first kappa shape index (κ1) is 48.8. The predicted octanol–water partition coefficient (Wildman–Crippen LogP) is 12.1. The summed E-state index contributed by atoms with van der Waals surface area (Å²) in [6.07, 6.45) is 47.4. The lowest BCUT2D eigenvalue weighted by atomic mass is 9.98. The van der Waals surface area contributed by atoms with E-state index in [-0.39, 0.29) is 0 Å². The van der Waals surface area contributed by atoms with Crippen molar-refractivity contribution in [1.82, 2.24) is 9.80 Å². The second kappa shape index (κ2) is 23.6. The SMILES string of the molecule is CCCN1C=CC(=C2C=CN(CCCCCCCCCCCOc3ccc(C4=C5C=CC(=N5)C(c5ccccc5)=C5C=CC(=[NH+]5)C(c5ccccc5)=C5C=CC(=[NH+]5)C(c5ccccc5)=C5C=CC4=N5)cc3)C=C2)C=C1. The number of fused-ring (bicyclic) bond motifs is 4. The largest absolute Gasteiger partial charge is 0.494 e. The number of allylic oxidation sites excluding steroid dienone is 18. The van der Waals surface area contributed by atoms with Gasteiger partial charge in [0.05, 0.1) is 40.6 Å². The van der Waals surface area contributed by atoms with Gasteiger partial charge in [0.25, 0.3) is 0 Å². The highest BCUT2D eigenvalue weighted by atomic mass is 16.5. The Balaban J connectivity index is 0.748. The fourth-order valence-corrected chi connectivity index (χ4v) is 10.6. The van der Waals surface area contributed by atoms with Crippen molar-refractivity contribution in [1.29, 1.82) is 0 Å². The molecule has 7 heterocycles. The van der Waals surface area contributed by atoms with Gasteiger partial charge in [0.2, 0.25) is 22.8 Å². The Bertz CT molecular complexity index is 3270. The van der Waals surface area contributed by atoms with Crippen molar-refractivity contribution in [2.45, 2.75) is 71.1 Å². The molecule has 0 radical (unpaired) electrons. The second-order valence-corrected chi connectivity index (χ2v) is 19.8. The van der Waals surface area contributed by atoms with Crippen molar-refractivity contribution in [3.8, 4) is 5.75 Å². The molecule has 8 bridgehead atoms. The van der Waals surface area contributed by atoms with Gasteiger partial charge in [0.15, 0.2) is 0 Å². The minimum Gasteiger partial charge on any atom is -0.494 e. The maximum atomic E-state index is 6.35. The summed E-state index contributed by atoms with van der Waals surface area (Å²) in [6.45, 7) is 5.07. The van der Waals surface area contributed by atoms with E-state index in [1.54, 1.807) is 0 Å². The number of aliphatic imine (C=N–C) groups is 2. The summed E-state index contributed by atoms with van der Waals surface area (Å²) in [5.41, 5.74) is 18.5. The molecule has 0 aromatic heterocycles. The van der Waals surface area contributed by atoms with Gasteiger partial charge < -0.3 is 14.5 Å². The summed E-state index contributed by atoms with van der Waals surface area (Å²) in [6, 6.07) is 40.2. The van der Waals surface area contributed by atoms with E-state index in [1.165, 1.54) is 62.5 Å². The molecule has 0 atom stereocenters. The molecule has 4 aromatic carbocycles. The first-order valence-electron chi connectivity index (χ1n) is 27.2. The summed E-state index contributed by atoms with van der Waals surface area (Å²) in [7, 11) is 0. The Kier molecular flexibility index (Phi) is 15.4. The zero-order valence-corrected chi connectivity index (χ0v) is 43.1. The van der Waals surface area contributed by atoms with Crippen molar-refractivity contribution in [3.05, 3.63) is 269 Å². The van der Waals surface area contributed by atoms with Crippen LogP contribution in [0.4, 0.5) is 0 Å². The van der Waals surface area contributed by atoms with Crippen molar-refractivity contribution in [2.75, 3.05) is 19.7 Å². The van der Waals surface area contributed by atoms with E-state index >= 15 is 0 Å². The van der Waals surface area contributed by atoms with Crippen LogP contribution in [0.1, 0.15) is 93.4 Å². The number of unbranched alkanes of at least 4 members (excludes halogenated alkanes) is 8. The van der Waals surface area contributed by atoms with Crippen LogP contribution in [0.25, 0.3) is 22.3 Å². The van der Waals surface area contributed by atoms with Gasteiger partial charge in [0.1, 0.15) is 11.3 Å². The molecule has 0 spiro atoms. The molecule has 11 rings (SSSR count). The topological polar surface area (TPSA) is 68.4 Å². The average Bonchev–Trinajstić information content (AvgIpc) is 4.33. The predicted molar refractivity (Wildman–Crippen MR) is 311 cm³/mol. The van der Waals surface area contributed by atoms with Crippen LogP contribution in [-0.2, 0) is 0 Å². The molecule has 0 saturated carbocycles. The molecular formula is C68H66N6O+2. The third kappa shape index (κ3) is 11.5. The van der Waals surface area contributed by atoms with Crippen LogP contribution in [0.2, 0.25) is 0 Å². The average molecular weight is 983 g/mol. The third-order valence-corrected chi connectivity index (χ3v) is 14.5. The number of rotatable bonds is 19. The van der Waals surface area contributed by atoms with E-state index in [2.05, 4.69) is 240 Å². The second-order valence-electron chi connectivity index (χ2n) is 19.8. The van der Waals surface area contributed by atoms with Gasteiger partial charge in [-0.25, -0.2) is 20.0 Å². The van der Waals surface area contributed by atoms with Crippen LogP contribution in [-0.4, -0.2) is 52.3 Å². The van der Waals surface area contributed by atoms with E-state index in [1.807, 2.05) is 0 Å². The molecule has 4 aromatic rings. The van der Waals surface area contributed by atoms with Gasteiger partial charge in [-0.3, -0.25) is 0 Å². The van der Waals surface area contributed by atoms with E-state index in [0.29, 0.717) is 6.61 Å². The Morgan fingerprint density at radius 3 is 1.39 bits per heavy atom. The van der Waals surface area contributed by atoms with Crippen molar-refractivity contribution in [3.63, 3.8) is 0 Å². The highest BCUT2D eigenvalue weighted by Crippen LogP contribution is 2.35. The summed E-state index contributed by atoms with van der Waals surface area (Å²) in [5.74, 6) is 0.876. The number of hydrogen-bond donors (Lipinski definition) is 2.